The van der Waals surface area contributed by atoms with Crippen LogP contribution in [0.2, 0.25) is 0 Å². The molecule has 0 spiro atoms. The first kappa shape index (κ1) is 17.4. The fourth-order valence-electron chi connectivity index (χ4n) is 2.65. The smallest absolute Gasteiger partial charge is 0.410 e. The third-order valence-electron chi connectivity index (χ3n) is 3.58. The van der Waals surface area contributed by atoms with Crippen molar-refractivity contribution >= 4 is 11.8 Å². The molecule has 1 atom stereocenters. The quantitative estimate of drug-likeness (QED) is 0.926. The highest BCUT2D eigenvalue weighted by Crippen LogP contribution is 2.21. The van der Waals surface area contributed by atoms with E-state index in [9.17, 15) is 4.79 Å². The SMILES string of the molecule is COc1cc(N[C@H]2CCCN(C(=O)OC(C)(C)C)C2)cc(C)n1. The Kier molecular flexibility index (Phi) is 5.34. The van der Waals surface area contributed by atoms with Crippen LogP contribution in [0.25, 0.3) is 0 Å². The Hall–Kier alpha value is -1.98. The molecule has 1 aromatic heterocycles. The van der Waals surface area contributed by atoms with Gasteiger partial charge in [-0.2, -0.15) is 0 Å². The molecule has 1 amide bonds. The van der Waals surface area contributed by atoms with E-state index in [0.29, 0.717) is 12.4 Å². The van der Waals surface area contributed by atoms with Crippen molar-refractivity contribution in [1.29, 1.82) is 0 Å². The van der Waals surface area contributed by atoms with E-state index in [1.807, 2.05) is 39.8 Å². The van der Waals surface area contributed by atoms with E-state index in [0.717, 1.165) is 30.8 Å². The molecule has 0 bridgehead atoms. The molecule has 1 aromatic rings. The van der Waals surface area contributed by atoms with E-state index in [1.54, 1.807) is 12.0 Å². The second-order valence-corrected chi connectivity index (χ2v) is 6.95. The Morgan fingerprint density at radius 3 is 2.78 bits per heavy atom. The molecule has 1 N–H and O–H groups in total. The van der Waals surface area contributed by atoms with Crippen molar-refractivity contribution in [1.82, 2.24) is 9.88 Å². The summed E-state index contributed by atoms with van der Waals surface area (Å²) in [6, 6.07) is 4.05. The van der Waals surface area contributed by atoms with Gasteiger partial charge in [-0.05, 0) is 46.6 Å². The molecule has 0 aromatic carbocycles. The van der Waals surface area contributed by atoms with Crippen molar-refractivity contribution in [3.63, 3.8) is 0 Å². The third kappa shape index (κ3) is 5.30. The molecule has 1 saturated heterocycles. The van der Waals surface area contributed by atoms with E-state index in [4.69, 9.17) is 9.47 Å². The number of piperidine rings is 1. The topological polar surface area (TPSA) is 63.7 Å². The zero-order valence-corrected chi connectivity index (χ0v) is 14.7. The van der Waals surface area contributed by atoms with Crippen LogP contribution in [0.1, 0.15) is 39.3 Å². The number of nitrogens with zero attached hydrogens (tertiary/aromatic N) is 2. The number of aryl methyl sites for hydroxylation is 1. The summed E-state index contributed by atoms with van der Waals surface area (Å²) in [6.45, 7) is 8.97. The number of nitrogens with one attached hydrogen (secondary N) is 1. The maximum atomic E-state index is 12.2. The first-order valence-electron chi connectivity index (χ1n) is 8.04. The van der Waals surface area contributed by atoms with Crippen LogP contribution in [0, 0.1) is 6.92 Å². The maximum Gasteiger partial charge on any atom is 0.410 e. The summed E-state index contributed by atoms with van der Waals surface area (Å²) < 4.78 is 10.7. The average Bonchev–Trinajstić information content (AvgIpc) is 2.45. The Morgan fingerprint density at radius 1 is 1.39 bits per heavy atom. The van der Waals surface area contributed by atoms with Gasteiger partial charge in [-0.1, -0.05) is 0 Å². The summed E-state index contributed by atoms with van der Waals surface area (Å²) in [6.07, 6.45) is 1.73. The summed E-state index contributed by atoms with van der Waals surface area (Å²) in [5, 5.41) is 3.47. The summed E-state index contributed by atoms with van der Waals surface area (Å²) in [7, 11) is 1.61. The average molecular weight is 321 g/mol. The predicted octanol–water partition coefficient (Wildman–Crippen LogP) is 3.21. The lowest BCUT2D eigenvalue weighted by molar-refractivity contribution is 0.0206. The van der Waals surface area contributed by atoms with Gasteiger partial charge >= 0.3 is 6.09 Å². The molecule has 1 aliphatic rings. The van der Waals surface area contributed by atoms with Gasteiger partial charge in [0.25, 0.3) is 0 Å². The molecule has 1 aliphatic heterocycles. The molecule has 23 heavy (non-hydrogen) atoms. The molecule has 128 valence electrons. The van der Waals surface area contributed by atoms with Gasteiger partial charge in [-0.15, -0.1) is 0 Å². The monoisotopic (exact) mass is 321 g/mol. The van der Waals surface area contributed by atoms with Gasteiger partial charge in [-0.25, -0.2) is 9.78 Å². The number of amides is 1. The normalized spacial score (nSPS) is 18.5. The molecule has 0 saturated carbocycles. The highest BCUT2D eigenvalue weighted by atomic mass is 16.6. The zero-order chi connectivity index (χ0) is 17.0. The van der Waals surface area contributed by atoms with Crippen LogP contribution in [0.4, 0.5) is 10.5 Å². The van der Waals surface area contributed by atoms with E-state index in [-0.39, 0.29) is 12.1 Å². The molecule has 0 aliphatic carbocycles. The van der Waals surface area contributed by atoms with Gasteiger partial charge in [0.05, 0.1) is 7.11 Å². The van der Waals surface area contributed by atoms with E-state index in [1.165, 1.54) is 0 Å². The van der Waals surface area contributed by atoms with Crippen LogP contribution < -0.4 is 10.1 Å². The zero-order valence-electron chi connectivity index (χ0n) is 14.7. The Balaban J connectivity index is 1.99. The van der Waals surface area contributed by atoms with E-state index < -0.39 is 5.60 Å². The summed E-state index contributed by atoms with van der Waals surface area (Å²) in [4.78, 5) is 18.3. The lowest BCUT2D eigenvalue weighted by Gasteiger charge is -2.34. The fraction of sp³-hybridized carbons (Fsp3) is 0.647. The number of carbonyl (C=O) groups is 1. The van der Waals surface area contributed by atoms with Crippen LogP contribution in [0.3, 0.4) is 0 Å². The van der Waals surface area contributed by atoms with Crippen LogP contribution in [0.5, 0.6) is 5.88 Å². The van der Waals surface area contributed by atoms with Crippen LogP contribution in [0.15, 0.2) is 12.1 Å². The lowest BCUT2D eigenvalue weighted by Crippen LogP contribution is -2.47. The molecule has 6 heteroatoms. The summed E-state index contributed by atoms with van der Waals surface area (Å²) >= 11 is 0. The fourth-order valence-corrected chi connectivity index (χ4v) is 2.65. The number of ether oxygens (including phenoxy) is 2. The van der Waals surface area contributed by atoms with Crippen molar-refractivity contribution in [3.05, 3.63) is 17.8 Å². The highest BCUT2D eigenvalue weighted by molar-refractivity contribution is 5.68. The summed E-state index contributed by atoms with van der Waals surface area (Å²) in [5.74, 6) is 0.590. The van der Waals surface area contributed by atoms with Gasteiger partial charge in [0.15, 0.2) is 0 Å². The standard InChI is InChI=1S/C17H27N3O3/c1-12-9-14(10-15(18-12)22-5)19-13-7-6-8-20(11-13)16(21)23-17(2,3)4/h9-10,13H,6-8,11H2,1-5H3,(H,18,19)/t13-/m0/s1. The molecule has 0 unspecified atom stereocenters. The van der Waals surface area contributed by atoms with Gasteiger partial charge in [-0.3, -0.25) is 0 Å². The Bertz CT molecular complexity index is 555. The number of hydrogen-bond acceptors (Lipinski definition) is 5. The minimum Gasteiger partial charge on any atom is -0.481 e. The van der Waals surface area contributed by atoms with Gasteiger partial charge in [0.2, 0.25) is 5.88 Å². The lowest BCUT2D eigenvalue weighted by atomic mass is 10.1. The third-order valence-corrected chi connectivity index (χ3v) is 3.58. The first-order chi connectivity index (χ1) is 10.8. The number of hydrogen-bond donors (Lipinski definition) is 1. The van der Waals surface area contributed by atoms with Gasteiger partial charge in [0.1, 0.15) is 5.60 Å². The Labute approximate surface area is 138 Å². The highest BCUT2D eigenvalue weighted by Gasteiger charge is 2.27. The molecular weight excluding hydrogens is 294 g/mol. The minimum absolute atomic E-state index is 0.197. The van der Waals surface area contributed by atoms with Crippen molar-refractivity contribution in [2.75, 3.05) is 25.5 Å². The molecule has 1 fully saturated rings. The number of pyridine rings is 1. The number of rotatable bonds is 3. The van der Waals surface area contributed by atoms with E-state index >= 15 is 0 Å². The maximum absolute atomic E-state index is 12.2. The second-order valence-electron chi connectivity index (χ2n) is 6.95. The van der Waals surface area contributed by atoms with Crippen molar-refractivity contribution < 1.29 is 14.3 Å². The van der Waals surface area contributed by atoms with Crippen LogP contribution >= 0.6 is 0 Å². The second kappa shape index (κ2) is 7.06. The number of carbonyl (C=O) groups excluding carboxylic acids is 1. The number of aromatic nitrogens is 1. The number of anilines is 1. The first-order valence-corrected chi connectivity index (χ1v) is 8.04. The molecule has 6 nitrogen and oxygen atoms in total. The molecular formula is C17H27N3O3. The molecule has 0 radical (unpaired) electrons. The molecule has 2 heterocycles. The molecule has 2 rings (SSSR count). The van der Waals surface area contributed by atoms with Gasteiger partial charge < -0.3 is 19.7 Å². The number of likely N-dealkylation sites (tertiary alicyclic amines) is 1. The van der Waals surface area contributed by atoms with Gasteiger partial charge in [0, 0.05) is 36.6 Å². The predicted molar refractivity (Wildman–Crippen MR) is 90.0 cm³/mol. The van der Waals surface area contributed by atoms with Crippen LogP contribution in [-0.2, 0) is 4.74 Å². The van der Waals surface area contributed by atoms with Crippen molar-refractivity contribution in [3.8, 4) is 5.88 Å². The van der Waals surface area contributed by atoms with Crippen molar-refractivity contribution in [2.24, 2.45) is 0 Å². The summed E-state index contributed by atoms with van der Waals surface area (Å²) in [5.41, 5.74) is 1.39. The number of methoxy groups -OCH3 is 1. The van der Waals surface area contributed by atoms with Crippen LogP contribution in [-0.4, -0.2) is 47.8 Å². The van der Waals surface area contributed by atoms with Crippen molar-refractivity contribution in [2.45, 2.75) is 52.2 Å². The Morgan fingerprint density at radius 2 is 2.13 bits per heavy atom. The minimum atomic E-state index is -0.465. The van der Waals surface area contributed by atoms with E-state index in [2.05, 4.69) is 10.3 Å². The largest absolute Gasteiger partial charge is 0.481 e.